The van der Waals surface area contributed by atoms with E-state index in [1.807, 2.05) is 0 Å². The van der Waals surface area contributed by atoms with Crippen molar-refractivity contribution in [3.05, 3.63) is 33.8 Å². The molecule has 0 bridgehead atoms. The number of fused-ring (bicyclic) bond motifs is 1. The van der Waals surface area contributed by atoms with Gasteiger partial charge in [0.1, 0.15) is 6.54 Å². The lowest BCUT2D eigenvalue weighted by atomic mass is 10.2. The molecule has 2 N–H and O–H groups in total. The van der Waals surface area contributed by atoms with Gasteiger partial charge in [-0.05, 0) is 29.5 Å². The molecule has 4 rings (SSSR count). The van der Waals surface area contributed by atoms with Gasteiger partial charge in [0.15, 0.2) is 11.5 Å². The summed E-state index contributed by atoms with van der Waals surface area (Å²) in [5, 5.41) is 7.96. The first-order valence-corrected chi connectivity index (χ1v) is 7.07. The molecule has 0 spiro atoms. The summed E-state index contributed by atoms with van der Waals surface area (Å²) in [5.41, 5.74) is 6.20. The summed E-state index contributed by atoms with van der Waals surface area (Å²) in [6.45, 7) is 0.272. The number of hydrogen-bond acceptors (Lipinski definition) is 9. The Hall–Kier alpha value is -2.88. The number of anilines is 1. The molecule has 10 heteroatoms. The van der Waals surface area contributed by atoms with Gasteiger partial charge in [-0.25, -0.2) is 4.68 Å². The van der Waals surface area contributed by atoms with Gasteiger partial charge in [0.2, 0.25) is 23.6 Å². The second-order valence-electron chi connectivity index (χ2n) is 4.44. The molecule has 3 heterocycles. The number of aromatic nitrogens is 4. The van der Waals surface area contributed by atoms with Crippen molar-refractivity contribution in [3.8, 4) is 22.9 Å². The van der Waals surface area contributed by atoms with Crippen LogP contribution in [0.5, 0.6) is 11.5 Å². The largest absolute Gasteiger partial charge is 0.454 e. The minimum Gasteiger partial charge on any atom is -0.454 e. The average Bonchev–Trinajstić information content (AvgIpc) is 3.19. The molecular weight excluding hydrogens is 310 g/mol. The summed E-state index contributed by atoms with van der Waals surface area (Å²) in [5.74, 6) is 1.97. The van der Waals surface area contributed by atoms with Gasteiger partial charge in [0.05, 0.1) is 0 Å². The summed E-state index contributed by atoms with van der Waals surface area (Å²) in [4.78, 5) is 15.5. The first-order chi connectivity index (χ1) is 10.7. The van der Waals surface area contributed by atoms with Crippen LogP contribution >= 0.6 is 11.3 Å². The maximum absolute atomic E-state index is 11.6. The molecule has 0 radical (unpaired) electrons. The van der Waals surface area contributed by atoms with Crippen LogP contribution in [0.3, 0.4) is 0 Å². The third kappa shape index (κ3) is 2.19. The van der Waals surface area contributed by atoms with Crippen molar-refractivity contribution >= 4 is 16.5 Å². The lowest BCUT2D eigenvalue weighted by molar-refractivity contribution is 0.174. The fraction of sp³-hybridized carbons (Fsp3) is 0.167. The van der Waals surface area contributed by atoms with E-state index in [-0.39, 0.29) is 29.2 Å². The number of benzene rings is 1. The van der Waals surface area contributed by atoms with Crippen molar-refractivity contribution in [2.75, 3.05) is 12.5 Å². The number of hydrogen-bond donors (Lipinski definition) is 1. The molecule has 3 aromatic rings. The number of nitrogen functional groups attached to an aromatic ring is 1. The highest BCUT2D eigenvalue weighted by molar-refractivity contribution is 7.12. The van der Waals surface area contributed by atoms with E-state index < -0.39 is 0 Å². The first-order valence-electron chi connectivity index (χ1n) is 6.25. The number of nitrogens with two attached hydrogens (primary N) is 1. The van der Waals surface area contributed by atoms with Crippen LogP contribution in [-0.2, 0) is 6.54 Å². The second kappa shape index (κ2) is 4.84. The van der Waals surface area contributed by atoms with Crippen molar-refractivity contribution in [3.63, 3.8) is 0 Å². The molecule has 22 heavy (non-hydrogen) atoms. The maximum atomic E-state index is 11.6. The first kappa shape index (κ1) is 12.8. The van der Waals surface area contributed by atoms with Gasteiger partial charge in [-0.1, -0.05) is 5.16 Å². The Bertz CT molecular complexity index is 899. The van der Waals surface area contributed by atoms with Crippen LogP contribution < -0.4 is 20.1 Å². The van der Waals surface area contributed by atoms with Gasteiger partial charge in [-0.3, -0.25) is 4.79 Å². The highest BCUT2D eigenvalue weighted by atomic mass is 32.1. The standard InChI is InChI=1S/C12H9N5O4S/c13-11-15-17(12(18)22-11)4-9-14-10(16-21-9)6-1-2-7-8(3-6)20-5-19-7/h1-3H,4-5H2,(H2,13,15). The van der Waals surface area contributed by atoms with Crippen molar-refractivity contribution in [1.82, 2.24) is 19.9 Å². The Balaban J connectivity index is 1.61. The van der Waals surface area contributed by atoms with Gasteiger partial charge in [-0.2, -0.15) is 4.98 Å². The predicted molar refractivity (Wildman–Crippen MR) is 75.7 cm³/mol. The van der Waals surface area contributed by atoms with E-state index in [0.29, 0.717) is 17.3 Å². The number of rotatable bonds is 3. The lowest BCUT2D eigenvalue weighted by Crippen LogP contribution is -2.15. The molecule has 0 atom stereocenters. The van der Waals surface area contributed by atoms with E-state index in [0.717, 1.165) is 16.9 Å². The summed E-state index contributed by atoms with van der Waals surface area (Å²) in [6.07, 6.45) is 0. The monoisotopic (exact) mass is 319 g/mol. The summed E-state index contributed by atoms with van der Waals surface area (Å²) < 4.78 is 16.9. The number of ether oxygens (including phenoxy) is 2. The zero-order valence-corrected chi connectivity index (χ0v) is 11.9. The molecule has 1 aliphatic heterocycles. The molecule has 0 saturated carbocycles. The van der Waals surface area contributed by atoms with Crippen molar-refractivity contribution in [2.45, 2.75) is 6.54 Å². The van der Waals surface area contributed by atoms with Crippen molar-refractivity contribution in [1.29, 1.82) is 0 Å². The molecule has 2 aromatic heterocycles. The van der Waals surface area contributed by atoms with Gasteiger partial charge >= 0.3 is 4.87 Å². The van der Waals surface area contributed by atoms with Crippen LogP contribution in [0.4, 0.5) is 5.13 Å². The maximum Gasteiger partial charge on any atom is 0.327 e. The van der Waals surface area contributed by atoms with Gasteiger partial charge < -0.3 is 19.7 Å². The molecule has 0 amide bonds. The summed E-state index contributed by atoms with van der Waals surface area (Å²) in [6, 6.07) is 5.35. The van der Waals surface area contributed by atoms with E-state index in [4.69, 9.17) is 19.7 Å². The molecule has 0 fully saturated rings. The predicted octanol–water partition coefficient (Wildman–Crippen LogP) is 0.714. The minimum atomic E-state index is -0.277. The quantitative estimate of drug-likeness (QED) is 0.750. The molecule has 1 aliphatic rings. The van der Waals surface area contributed by atoms with E-state index in [1.54, 1.807) is 18.2 Å². The Morgan fingerprint density at radius 1 is 1.32 bits per heavy atom. The summed E-state index contributed by atoms with van der Waals surface area (Å²) >= 11 is 0.859. The Kier molecular flexibility index (Phi) is 2.82. The van der Waals surface area contributed by atoms with Crippen molar-refractivity contribution < 1.29 is 14.0 Å². The van der Waals surface area contributed by atoms with Crippen LogP contribution in [-0.4, -0.2) is 26.7 Å². The fourth-order valence-electron chi connectivity index (χ4n) is 2.02. The number of nitrogens with zero attached hydrogens (tertiary/aromatic N) is 4. The highest BCUT2D eigenvalue weighted by Gasteiger charge is 2.17. The molecular formula is C12H9N5O4S. The van der Waals surface area contributed by atoms with Crippen LogP contribution in [0.1, 0.15) is 5.89 Å². The van der Waals surface area contributed by atoms with Crippen LogP contribution in [0, 0.1) is 0 Å². The molecule has 0 saturated heterocycles. The Morgan fingerprint density at radius 2 is 2.18 bits per heavy atom. The zero-order chi connectivity index (χ0) is 15.1. The lowest BCUT2D eigenvalue weighted by Gasteiger charge is -1.97. The Morgan fingerprint density at radius 3 is 3.00 bits per heavy atom. The van der Waals surface area contributed by atoms with Crippen molar-refractivity contribution in [2.24, 2.45) is 0 Å². The van der Waals surface area contributed by atoms with Gasteiger partial charge in [0, 0.05) is 5.56 Å². The van der Waals surface area contributed by atoms with E-state index in [9.17, 15) is 4.79 Å². The Labute approximate surface area is 126 Å². The smallest absolute Gasteiger partial charge is 0.327 e. The van der Waals surface area contributed by atoms with E-state index in [1.165, 1.54) is 4.68 Å². The topological polar surface area (TPSA) is 118 Å². The molecule has 112 valence electrons. The SMILES string of the molecule is Nc1nn(Cc2nc(-c3ccc4c(c3)OCO4)no2)c(=O)s1. The zero-order valence-electron chi connectivity index (χ0n) is 11.1. The molecule has 9 nitrogen and oxygen atoms in total. The average molecular weight is 319 g/mol. The highest BCUT2D eigenvalue weighted by Crippen LogP contribution is 2.35. The third-order valence-electron chi connectivity index (χ3n) is 3.01. The fourth-order valence-corrected chi connectivity index (χ4v) is 2.55. The third-order valence-corrected chi connectivity index (χ3v) is 3.68. The second-order valence-corrected chi connectivity index (χ2v) is 5.42. The van der Waals surface area contributed by atoms with Crippen LogP contribution in [0.15, 0.2) is 27.5 Å². The minimum absolute atomic E-state index is 0.0735. The van der Waals surface area contributed by atoms with E-state index >= 15 is 0 Å². The van der Waals surface area contributed by atoms with E-state index in [2.05, 4.69) is 15.2 Å². The summed E-state index contributed by atoms with van der Waals surface area (Å²) in [7, 11) is 0. The normalized spacial score (nSPS) is 12.7. The van der Waals surface area contributed by atoms with Gasteiger partial charge in [-0.15, -0.1) is 5.10 Å². The molecule has 0 aliphatic carbocycles. The molecule has 1 aromatic carbocycles. The van der Waals surface area contributed by atoms with Crippen LogP contribution in [0.2, 0.25) is 0 Å². The van der Waals surface area contributed by atoms with Gasteiger partial charge in [0.25, 0.3) is 0 Å². The molecule has 0 unspecified atom stereocenters. The van der Waals surface area contributed by atoms with Crippen LogP contribution in [0.25, 0.3) is 11.4 Å².